The van der Waals surface area contributed by atoms with E-state index >= 15 is 0 Å². The van der Waals surface area contributed by atoms with Gasteiger partial charge in [-0.05, 0) is 39.2 Å². The van der Waals surface area contributed by atoms with Crippen LogP contribution in [0.15, 0.2) is 10.6 Å². The number of aryl methyl sites for hydroxylation is 1. The maximum atomic E-state index is 12.7. The molecule has 1 atom stereocenters. The first-order valence-electron chi connectivity index (χ1n) is 8.68. The lowest BCUT2D eigenvalue weighted by Crippen LogP contribution is -2.32. The van der Waals surface area contributed by atoms with E-state index in [9.17, 15) is 4.79 Å². The van der Waals surface area contributed by atoms with Gasteiger partial charge in [-0.2, -0.15) is 0 Å². The van der Waals surface area contributed by atoms with E-state index in [0.29, 0.717) is 17.2 Å². The second kappa shape index (κ2) is 6.69. The molecule has 0 bridgehead atoms. The predicted octanol–water partition coefficient (Wildman–Crippen LogP) is 4.11. The Bertz CT molecular complexity index is 704. The molecule has 2 heterocycles. The minimum atomic E-state index is -0.0467. The van der Waals surface area contributed by atoms with Gasteiger partial charge in [-0.1, -0.05) is 31.3 Å². The number of hydrogen-bond donors (Lipinski definition) is 1. The molecule has 23 heavy (non-hydrogen) atoms. The van der Waals surface area contributed by atoms with Crippen LogP contribution in [0, 0.1) is 6.92 Å². The number of unbranched alkanes of at least 4 members (excludes halogenated alkanes) is 2. The van der Waals surface area contributed by atoms with Crippen LogP contribution in [0.5, 0.6) is 0 Å². The standard InChI is InChI=1S/C18H25N3O2/c1-4-5-6-7-11(2)19-17(22)14-10-15(13-8-9-13)20-18-16(14)12(3)21-23-18/h10-11,13H,4-9H2,1-3H3,(H,19,22)/t11-/m1/s1. The molecule has 1 aliphatic carbocycles. The van der Waals surface area contributed by atoms with E-state index in [1.165, 1.54) is 12.8 Å². The third kappa shape index (κ3) is 3.54. The van der Waals surface area contributed by atoms with Crippen LogP contribution >= 0.6 is 0 Å². The number of pyridine rings is 1. The maximum Gasteiger partial charge on any atom is 0.259 e. The molecule has 1 saturated carbocycles. The van der Waals surface area contributed by atoms with Crippen molar-refractivity contribution in [1.29, 1.82) is 0 Å². The van der Waals surface area contributed by atoms with Crippen LogP contribution in [0.4, 0.5) is 0 Å². The molecule has 0 unspecified atom stereocenters. The number of nitrogens with one attached hydrogen (secondary N) is 1. The van der Waals surface area contributed by atoms with Crippen molar-refractivity contribution in [3.05, 3.63) is 23.0 Å². The minimum Gasteiger partial charge on any atom is -0.350 e. The number of fused-ring (bicyclic) bond motifs is 1. The fourth-order valence-corrected chi connectivity index (χ4v) is 2.96. The van der Waals surface area contributed by atoms with Gasteiger partial charge in [0, 0.05) is 17.7 Å². The van der Waals surface area contributed by atoms with E-state index in [1.54, 1.807) is 0 Å². The van der Waals surface area contributed by atoms with E-state index in [2.05, 4.69) is 29.3 Å². The molecule has 5 heteroatoms. The summed E-state index contributed by atoms with van der Waals surface area (Å²) in [6.45, 7) is 6.10. The van der Waals surface area contributed by atoms with Crippen molar-refractivity contribution in [3.8, 4) is 0 Å². The SMILES string of the molecule is CCCCC[C@@H](C)NC(=O)c1cc(C2CC2)nc2onc(C)c12. The van der Waals surface area contributed by atoms with Crippen LogP contribution in [0.2, 0.25) is 0 Å². The highest BCUT2D eigenvalue weighted by molar-refractivity contribution is 6.06. The van der Waals surface area contributed by atoms with Gasteiger partial charge in [0.25, 0.3) is 11.6 Å². The summed E-state index contributed by atoms with van der Waals surface area (Å²) in [5.74, 6) is 0.424. The molecule has 5 nitrogen and oxygen atoms in total. The van der Waals surface area contributed by atoms with Gasteiger partial charge >= 0.3 is 0 Å². The van der Waals surface area contributed by atoms with Crippen LogP contribution in [0.3, 0.4) is 0 Å². The van der Waals surface area contributed by atoms with Gasteiger partial charge in [-0.3, -0.25) is 4.79 Å². The van der Waals surface area contributed by atoms with E-state index in [-0.39, 0.29) is 11.9 Å². The fraction of sp³-hybridized carbons (Fsp3) is 0.611. The Hall–Kier alpha value is -1.91. The fourth-order valence-electron chi connectivity index (χ4n) is 2.96. The van der Waals surface area contributed by atoms with Crippen molar-refractivity contribution in [1.82, 2.24) is 15.5 Å². The zero-order valence-electron chi connectivity index (χ0n) is 14.2. The largest absolute Gasteiger partial charge is 0.350 e. The number of carbonyl (C=O) groups is 1. The topological polar surface area (TPSA) is 68.0 Å². The van der Waals surface area contributed by atoms with E-state index in [0.717, 1.165) is 42.5 Å². The maximum absolute atomic E-state index is 12.7. The van der Waals surface area contributed by atoms with Gasteiger partial charge < -0.3 is 9.84 Å². The zero-order chi connectivity index (χ0) is 16.4. The van der Waals surface area contributed by atoms with Gasteiger partial charge in [0.2, 0.25) is 0 Å². The number of amides is 1. The first kappa shape index (κ1) is 16.0. The predicted molar refractivity (Wildman–Crippen MR) is 89.6 cm³/mol. The highest BCUT2D eigenvalue weighted by Gasteiger charge is 2.28. The molecule has 0 aliphatic heterocycles. The zero-order valence-corrected chi connectivity index (χ0v) is 14.2. The number of hydrogen-bond acceptors (Lipinski definition) is 4. The van der Waals surface area contributed by atoms with Crippen molar-refractivity contribution in [2.24, 2.45) is 0 Å². The van der Waals surface area contributed by atoms with Crippen LogP contribution in [-0.2, 0) is 0 Å². The summed E-state index contributed by atoms with van der Waals surface area (Å²) < 4.78 is 5.30. The Morgan fingerprint density at radius 3 is 2.91 bits per heavy atom. The summed E-state index contributed by atoms with van der Waals surface area (Å²) in [5.41, 5.74) is 2.81. The second-order valence-corrected chi connectivity index (χ2v) is 6.69. The number of rotatable bonds is 7. The van der Waals surface area contributed by atoms with E-state index in [1.807, 2.05) is 13.0 Å². The summed E-state index contributed by atoms with van der Waals surface area (Å²) in [5, 5.41) is 7.84. The lowest BCUT2D eigenvalue weighted by molar-refractivity contribution is 0.0939. The highest BCUT2D eigenvalue weighted by Crippen LogP contribution is 2.40. The summed E-state index contributed by atoms with van der Waals surface area (Å²) >= 11 is 0. The van der Waals surface area contributed by atoms with Crippen molar-refractivity contribution >= 4 is 17.0 Å². The molecule has 1 amide bonds. The Kier molecular flexibility index (Phi) is 4.64. The molecule has 0 saturated heterocycles. The lowest BCUT2D eigenvalue weighted by atomic mass is 10.1. The van der Waals surface area contributed by atoms with Gasteiger partial charge in [-0.15, -0.1) is 0 Å². The van der Waals surface area contributed by atoms with Crippen molar-refractivity contribution in [2.75, 3.05) is 0 Å². The number of nitrogens with zero attached hydrogens (tertiary/aromatic N) is 2. The number of aromatic nitrogens is 2. The molecule has 0 radical (unpaired) electrons. The average molecular weight is 315 g/mol. The minimum absolute atomic E-state index is 0.0467. The van der Waals surface area contributed by atoms with Crippen LogP contribution in [-0.4, -0.2) is 22.1 Å². The molecule has 0 aromatic carbocycles. The molecule has 2 aromatic rings. The van der Waals surface area contributed by atoms with Gasteiger partial charge in [0.05, 0.1) is 16.6 Å². The molecule has 3 rings (SSSR count). The molecule has 2 aromatic heterocycles. The smallest absolute Gasteiger partial charge is 0.259 e. The van der Waals surface area contributed by atoms with Gasteiger partial charge in [-0.25, -0.2) is 4.98 Å². The molecule has 1 N–H and O–H groups in total. The lowest BCUT2D eigenvalue weighted by Gasteiger charge is -2.14. The summed E-state index contributed by atoms with van der Waals surface area (Å²) in [4.78, 5) is 17.3. The Morgan fingerprint density at radius 1 is 1.43 bits per heavy atom. The normalized spacial score (nSPS) is 15.8. The first-order valence-corrected chi connectivity index (χ1v) is 8.68. The quantitative estimate of drug-likeness (QED) is 0.781. The van der Waals surface area contributed by atoms with Crippen LogP contribution in [0.25, 0.3) is 11.1 Å². The Balaban J connectivity index is 1.82. The van der Waals surface area contributed by atoms with Crippen LogP contribution in [0.1, 0.15) is 80.0 Å². The molecule has 0 spiro atoms. The van der Waals surface area contributed by atoms with Gasteiger partial charge in [0.15, 0.2) is 0 Å². The monoisotopic (exact) mass is 315 g/mol. The van der Waals surface area contributed by atoms with Crippen molar-refractivity contribution < 1.29 is 9.32 Å². The first-order chi connectivity index (χ1) is 11.1. The molecular formula is C18H25N3O2. The average Bonchev–Trinajstić information content (AvgIpc) is 3.31. The third-order valence-corrected chi connectivity index (χ3v) is 4.50. The Labute approximate surface area is 136 Å². The third-order valence-electron chi connectivity index (χ3n) is 4.50. The molecule has 124 valence electrons. The Morgan fingerprint density at radius 2 is 2.22 bits per heavy atom. The van der Waals surface area contributed by atoms with Gasteiger partial charge in [0.1, 0.15) is 0 Å². The number of carbonyl (C=O) groups excluding carboxylic acids is 1. The molecular weight excluding hydrogens is 290 g/mol. The van der Waals surface area contributed by atoms with Crippen molar-refractivity contribution in [3.63, 3.8) is 0 Å². The van der Waals surface area contributed by atoms with E-state index < -0.39 is 0 Å². The summed E-state index contributed by atoms with van der Waals surface area (Å²) in [6.07, 6.45) is 6.82. The highest BCUT2D eigenvalue weighted by atomic mass is 16.5. The van der Waals surface area contributed by atoms with Crippen molar-refractivity contribution in [2.45, 2.75) is 71.3 Å². The van der Waals surface area contributed by atoms with Crippen LogP contribution < -0.4 is 5.32 Å². The molecule has 1 aliphatic rings. The second-order valence-electron chi connectivity index (χ2n) is 6.69. The molecule has 1 fully saturated rings. The summed E-state index contributed by atoms with van der Waals surface area (Å²) in [7, 11) is 0. The van der Waals surface area contributed by atoms with E-state index in [4.69, 9.17) is 4.52 Å². The summed E-state index contributed by atoms with van der Waals surface area (Å²) in [6, 6.07) is 2.10.